The van der Waals surface area contributed by atoms with Gasteiger partial charge in [-0.25, -0.2) is 0 Å². The van der Waals surface area contributed by atoms with Gasteiger partial charge in [-0.15, -0.1) is 0 Å². The number of rotatable bonds is 1. The monoisotopic (exact) mass is 295 g/mol. The fraction of sp³-hybridized carbons (Fsp3) is 0.462. The average Bonchev–Trinajstić information content (AvgIpc) is 2.59. The molecule has 1 unspecified atom stereocenters. The Morgan fingerprint density at radius 2 is 2.12 bits per heavy atom. The minimum atomic E-state index is 0.146. The van der Waals surface area contributed by atoms with E-state index in [-0.39, 0.29) is 5.41 Å². The summed E-state index contributed by atoms with van der Waals surface area (Å²) in [5, 5.41) is 0. The summed E-state index contributed by atoms with van der Waals surface area (Å²) in [5.41, 5.74) is 7.25. The number of halogens is 1. The highest BCUT2D eigenvalue weighted by atomic mass is 79.9. The van der Waals surface area contributed by atoms with Crippen molar-refractivity contribution >= 4 is 27.6 Å². The van der Waals surface area contributed by atoms with Gasteiger partial charge < -0.3 is 10.6 Å². The minimum absolute atomic E-state index is 0.146. The molecular weight excluding hydrogens is 278 g/mol. The summed E-state index contributed by atoms with van der Waals surface area (Å²) in [7, 11) is 0. The van der Waals surface area contributed by atoms with Gasteiger partial charge >= 0.3 is 0 Å². The highest BCUT2D eigenvalue weighted by Crippen LogP contribution is 2.32. The molecule has 3 nitrogen and oxygen atoms in total. The highest BCUT2D eigenvalue weighted by Gasteiger charge is 2.36. The maximum Gasteiger partial charge on any atom is 0.196 e. The van der Waals surface area contributed by atoms with Crippen LogP contribution in [0.25, 0.3) is 0 Å². The SMILES string of the molecule is CC(C)(C)C1CN=C(N)N1c1cccc(Br)c1. The van der Waals surface area contributed by atoms with Crippen LogP contribution in [0, 0.1) is 5.41 Å². The predicted octanol–water partition coefficient (Wildman–Crippen LogP) is 3.00. The van der Waals surface area contributed by atoms with Crippen LogP contribution in [-0.4, -0.2) is 18.5 Å². The van der Waals surface area contributed by atoms with E-state index < -0.39 is 0 Å². The van der Waals surface area contributed by atoms with Gasteiger partial charge in [0, 0.05) is 10.2 Å². The fourth-order valence-electron chi connectivity index (χ4n) is 2.10. The first-order valence-corrected chi connectivity index (χ1v) is 6.53. The summed E-state index contributed by atoms with van der Waals surface area (Å²) in [6.07, 6.45) is 0. The molecule has 92 valence electrons. The van der Waals surface area contributed by atoms with Crippen molar-refractivity contribution in [3.63, 3.8) is 0 Å². The molecule has 4 heteroatoms. The summed E-state index contributed by atoms with van der Waals surface area (Å²) < 4.78 is 1.06. The van der Waals surface area contributed by atoms with Crippen LogP contribution in [0.2, 0.25) is 0 Å². The van der Waals surface area contributed by atoms with Gasteiger partial charge in [0.15, 0.2) is 5.96 Å². The molecule has 0 fully saturated rings. The van der Waals surface area contributed by atoms with E-state index in [1.807, 2.05) is 12.1 Å². The zero-order chi connectivity index (χ0) is 12.6. The Bertz CT molecular complexity index is 448. The Kier molecular flexibility index (Phi) is 3.17. The van der Waals surface area contributed by atoms with Gasteiger partial charge in [0.2, 0.25) is 0 Å². The standard InChI is InChI=1S/C13H18BrN3/c1-13(2,3)11-8-16-12(15)17(11)10-6-4-5-9(14)7-10/h4-7,11H,8H2,1-3H3,(H2,15,16). The molecule has 1 heterocycles. The average molecular weight is 296 g/mol. The molecule has 2 rings (SSSR count). The molecule has 1 aliphatic rings. The third-order valence-electron chi connectivity index (χ3n) is 3.07. The van der Waals surface area contributed by atoms with E-state index in [4.69, 9.17) is 5.73 Å². The summed E-state index contributed by atoms with van der Waals surface area (Å²) in [6, 6.07) is 8.49. The molecule has 0 bridgehead atoms. The lowest BCUT2D eigenvalue weighted by Gasteiger charge is -2.35. The normalized spacial score (nSPS) is 20.6. The zero-order valence-electron chi connectivity index (χ0n) is 10.4. The number of anilines is 1. The minimum Gasteiger partial charge on any atom is -0.370 e. The molecule has 1 aliphatic heterocycles. The van der Waals surface area contributed by atoms with Crippen LogP contribution in [0.3, 0.4) is 0 Å². The van der Waals surface area contributed by atoms with E-state index in [1.54, 1.807) is 0 Å². The van der Waals surface area contributed by atoms with Crippen molar-refractivity contribution in [1.82, 2.24) is 0 Å². The molecule has 1 aromatic carbocycles. The second-order valence-electron chi connectivity index (χ2n) is 5.43. The summed E-state index contributed by atoms with van der Waals surface area (Å²) >= 11 is 3.49. The molecule has 1 aromatic rings. The van der Waals surface area contributed by atoms with Gasteiger partial charge in [-0.05, 0) is 23.6 Å². The number of nitrogens with two attached hydrogens (primary N) is 1. The first kappa shape index (κ1) is 12.4. The Morgan fingerprint density at radius 3 is 2.71 bits per heavy atom. The highest BCUT2D eigenvalue weighted by molar-refractivity contribution is 9.10. The Labute approximate surface area is 111 Å². The van der Waals surface area contributed by atoms with E-state index in [1.165, 1.54) is 0 Å². The molecule has 0 saturated heterocycles. The molecule has 0 aliphatic carbocycles. The molecular formula is C13H18BrN3. The molecule has 0 radical (unpaired) electrons. The quantitative estimate of drug-likeness (QED) is 0.865. The topological polar surface area (TPSA) is 41.6 Å². The molecule has 0 saturated carbocycles. The molecule has 0 spiro atoms. The lowest BCUT2D eigenvalue weighted by molar-refractivity contribution is 0.336. The van der Waals surface area contributed by atoms with Crippen molar-refractivity contribution < 1.29 is 0 Å². The maximum absolute atomic E-state index is 6.01. The molecule has 0 aromatic heterocycles. The third kappa shape index (κ3) is 2.46. The van der Waals surface area contributed by atoms with E-state index in [9.17, 15) is 0 Å². The van der Waals surface area contributed by atoms with Gasteiger partial charge in [0.1, 0.15) is 0 Å². The lowest BCUT2D eigenvalue weighted by Crippen LogP contribution is -2.47. The molecule has 17 heavy (non-hydrogen) atoms. The van der Waals surface area contributed by atoms with Crippen LogP contribution in [0.15, 0.2) is 33.7 Å². The number of benzene rings is 1. The van der Waals surface area contributed by atoms with E-state index in [2.05, 4.69) is 58.7 Å². The van der Waals surface area contributed by atoms with Gasteiger partial charge in [0.05, 0.1) is 12.6 Å². The first-order valence-electron chi connectivity index (χ1n) is 5.74. The smallest absolute Gasteiger partial charge is 0.196 e. The van der Waals surface area contributed by atoms with Crippen molar-refractivity contribution in [2.75, 3.05) is 11.4 Å². The second kappa shape index (κ2) is 4.33. The van der Waals surface area contributed by atoms with Crippen LogP contribution < -0.4 is 10.6 Å². The third-order valence-corrected chi connectivity index (χ3v) is 3.56. The van der Waals surface area contributed by atoms with Crippen molar-refractivity contribution in [3.8, 4) is 0 Å². The molecule has 2 N–H and O–H groups in total. The van der Waals surface area contributed by atoms with Crippen molar-refractivity contribution in [2.45, 2.75) is 26.8 Å². The first-order chi connectivity index (χ1) is 7.89. The predicted molar refractivity (Wildman–Crippen MR) is 76.4 cm³/mol. The van der Waals surface area contributed by atoms with Crippen molar-refractivity contribution in [3.05, 3.63) is 28.7 Å². The van der Waals surface area contributed by atoms with Crippen molar-refractivity contribution in [1.29, 1.82) is 0 Å². The zero-order valence-corrected chi connectivity index (χ0v) is 12.0. The summed E-state index contributed by atoms with van der Waals surface area (Å²) in [5.74, 6) is 0.614. The van der Waals surface area contributed by atoms with Crippen molar-refractivity contribution in [2.24, 2.45) is 16.1 Å². The number of aliphatic imine (C=N–C) groups is 1. The van der Waals surface area contributed by atoms with Crippen LogP contribution in [0.4, 0.5) is 5.69 Å². The second-order valence-corrected chi connectivity index (χ2v) is 6.35. The fourth-order valence-corrected chi connectivity index (χ4v) is 2.48. The maximum atomic E-state index is 6.01. The summed E-state index contributed by atoms with van der Waals surface area (Å²) in [4.78, 5) is 6.51. The van der Waals surface area contributed by atoms with Crippen LogP contribution in [-0.2, 0) is 0 Å². The van der Waals surface area contributed by atoms with E-state index in [0.29, 0.717) is 12.0 Å². The Balaban J connectivity index is 2.38. The Morgan fingerprint density at radius 1 is 1.41 bits per heavy atom. The number of hydrogen-bond acceptors (Lipinski definition) is 3. The van der Waals surface area contributed by atoms with E-state index >= 15 is 0 Å². The van der Waals surface area contributed by atoms with Gasteiger partial charge in [-0.3, -0.25) is 4.99 Å². The van der Waals surface area contributed by atoms with Crippen LogP contribution in [0.5, 0.6) is 0 Å². The number of nitrogens with zero attached hydrogens (tertiary/aromatic N) is 2. The summed E-state index contributed by atoms with van der Waals surface area (Å²) in [6.45, 7) is 7.42. The number of guanidine groups is 1. The molecule has 0 amide bonds. The molecule has 1 atom stereocenters. The van der Waals surface area contributed by atoms with Crippen LogP contribution >= 0.6 is 15.9 Å². The van der Waals surface area contributed by atoms with Crippen LogP contribution in [0.1, 0.15) is 20.8 Å². The largest absolute Gasteiger partial charge is 0.370 e. The van der Waals surface area contributed by atoms with E-state index in [0.717, 1.165) is 16.7 Å². The van der Waals surface area contributed by atoms with Gasteiger partial charge in [0.25, 0.3) is 0 Å². The Hall–Kier alpha value is -1.03. The van der Waals surface area contributed by atoms with Gasteiger partial charge in [-0.1, -0.05) is 42.8 Å². The lowest BCUT2D eigenvalue weighted by atomic mass is 9.86. The number of hydrogen-bond donors (Lipinski definition) is 1. The van der Waals surface area contributed by atoms with Gasteiger partial charge in [-0.2, -0.15) is 0 Å².